The molecule has 0 aromatic carbocycles. The predicted molar refractivity (Wildman–Crippen MR) is 43.9 cm³/mol. The Morgan fingerprint density at radius 1 is 1.55 bits per heavy atom. The van der Waals surface area contributed by atoms with E-state index in [4.69, 9.17) is 5.26 Å². The van der Waals surface area contributed by atoms with Crippen molar-refractivity contribution in [1.29, 1.82) is 5.26 Å². The number of carbonyl (C=O) groups excluding carboxylic acids is 1. The van der Waals surface area contributed by atoms with E-state index in [2.05, 4.69) is 0 Å². The molecule has 0 saturated carbocycles. The average molecular weight is 153 g/mol. The number of carbonyl (C=O) groups is 1. The number of ketones is 1. The zero-order valence-electron chi connectivity index (χ0n) is 7.64. The Bertz CT molecular complexity index is 183. The Hall–Kier alpha value is -0.840. The molecule has 0 radical (unpaired) electrons. The molecule has 0 heterocycles. The van der Waals surface area contributed by atoms with Gasteiger partial charge in [-0.3, -0.25) is 4.79 Å². The van der Waals surface area contributed by atoms with Crippen LogP contribution in [0.4, 0.5) is 0 Å². The zero-order chi connectivity index (χ0) is 9.07. The topological polar surface area (TPSA) is 40.9 Å². The maximum atomic E-state index is 11.4. The first kappa shape index (κ1) is 10.2. The van der Waals surface area contributed by atoms with Crippen LogP contribution in [0.5, 0.6) is 0 Å². The van der Waals surface area contributed by atoms with Gasteiger partial charge in [0.25, 0.3) is 0 Å². The van der Waals surface area contributed by atoms with Gasteiger partial charge in [-0.05, 0) is 0 Å². The molecule has 0 N–H and O–H groups in total. The number of nitrogens with zero attached hydrogens (tertiary/aromatic N) is 1. The maximum absolute atomic E-state index is 11.4. The van der Waals surface area contributed by atoms with Crippen molar-refractivity contribution in [2.75, 3.05) is 0 Å². The van der Waals surface area contributed by atoms with Crippen LogP contribution in [0, 0.1) is 22.7 Å². The lowest BCUT2D eigenvalue weighted by Gasteiger charge is -2.19. The minimum Gasteiger partial charge on any atom is -0.299 e. The lowest BCUT2D eigenvalue weighted by Crippen LogP contribution is -2.26. The van der Waals surface area contributed by atoms with Crippen molar-refractivity contribution in [2.24, 2.45) is 11.3 Å². The summed E-state index contributed by atoms with van der Waals surface area (Å²) in [5, 5.41) is 8.35. The molecule has 0 aliphatic heterocycles. The van der Waals surface area contributed by atoms with Crippen molar-refractivity contribution in [3.8, 4) is 6.07 Å². The molecule has 0 bridgehead atoms. The third kappa shape index (κ3) is 3.18. The summed E-state index contributed by atoms with van der Waals surface area (Å²) in [5.41, 5.74) is -0.309. The molecule has 1 atom stereocenters. The Kier molecular flexibility index (Phi) is 3.25. The van der Waals surface area contributed by atoms with Gasteiger partial charge in [-0.15, -0.1) is 0 Å². The second-order valence-corrected chi connectivity index (χ2v) is 3.88. The number of hydrogen-bond acceptors (Lipinski definition) is 2. The second-order valence-electron chi connectivity index (χ2n) is 3.88. The highest BCUT2D eigenvalue weighted by Crippen LogP contribution is 2.21. The molecule has 2 heteroatoms. The smallest absolute Gasteiger partial charge is 0.142 e. The standard InChI is InChI=1S/C9H15NO/c1-7(5-6-10)8(11)9(2,3)4/h7H,5H2,1-4H3. The van der Waals surface area contributed by atoms with Gasteiger partial charge < -0.3 is 0 Å². The van der Waals surface area contributed by atoms with E-state index in [1.54, 1.807) is 6.92 Å². The van der Waals surface area contributed by atoms with Gasteiger partial charge in [0.05, 0.1) is 6.07 Å². The second kappa shape index (κ2) is 3.52. The van der Waals surface area contributed by atoms with Crippen molar-refractivity contribution >= 4 is 5.78 Å². The van der Waals surface area contributed by atoms with E-state index in [1.807, 2.05) is 26.8 Å². The molecule has 1 unspecified atom stereocenters. The first-order valence-electron chi connectivity index (χ1n) is 3.81. The number of hydrogen-bond donors (Lipinski definition) is 0. The molecule has 0 saturated heterocycles. The molecule has 11 heavy (non-hydrogen) atoms. The van der Waals surface area contributed by atoms with Gasteiger partial charge >= 0.3 is 0 Å². The normalized spacial score (nSPS) is 13.7. The van der Waals surface area contributed by atoms with Crippen molar-refractivity contribution in [2.45, 2.75) is 34.1 Å². The van der Waals surface area contributed by atoms with Crippen LogP contribution < -0.4 is 0 Å². The van der Waals surface area contributed by atoms with E-state index in [0.717, 1.165) is 0 Å². The van der Waals surface area contributed by atoms with E-state index in [1.165, 1.54) is 0 Å². The fourth-order valence-electron chi connectivity index (χ4n) is 0.969. The molecule has 62 valence electrons. The molecule has 0 aromatic heterocycles. The molecule has 0 aromatic rings. The summed E-state index contributed by atoms with van der Waals surface area (Å²) in [6.07, 6.45) is 0.329. The summed E-state index contributed by atoms with van der Waals surface area (Å²) < 4.78 is 0. The Labute approximate surface area is 68.2 Å². The van der Waals surface area contributed by atoms with Crippen LogP contribution in [0.1, 0.15) is 34.1 Å². The maximum Gasteiger partial charge on any atom is 0.142 e. The number of rotatable bonds is 2. The summed E-state index contributed by atoms with van der Waals surface area (Å²) in [7, 11) is 0. The Morgan fingerprint density at radius 3 is 2.27 bits per heavy atom. The molecule has 0 spiro atoms. The quantitative estimate of drug-likeness (QED) is 0.610. The third-order valence-corrected chi connectivity index (χ3v) is 1.58. The van der Waals surface area contributed by atoms with Crippen molar-refractivity contribution < 1.29 is 4.79 Å². The van der Waals surface area contributed by atoms with E-state index in [0.29, 0.717) is 6.42 Å². The van der Waals surface area contributed by atoms with E-state index >= 15 is 0 Å². The first-order chi connectivity index (χ1) is 4.89. The van der Waals surface area contributed by atoms with Crippen molar-refractivity contribution in [1.82, 2.24) is 0 Å². The molecule has 2 nitrogen and oxygen atoms in total. The minimum atomic E-state index is -0.309. The van der Waals surface area contributed by atoms with Gasteiger partial charge in [0.15, 0.2) is 0 Å². The summed E-state index contributed by atoms with van der Waals surface area (Å²) in [6, 6.07) is 2.00. The van der Waals surface area contributed by atoms with Gasteiger partial charge in [-0.2, -0.15) is 5.26 Å². The van der Waals surface area contributed by atoms with Crippen LogP contribution in [0.25, 0.3) is 0 Å². The van der Waals surface area contributed by atoms with Gasteiger partial charge in [0.1, 0.15) is 5.78 Å². The van der Waals surface area contributed by atoms with Crippen LogP contribution in [0.3, 0.4) is 0 Å². The molecule has 0 aliphatic rings. The molecule has 0 amide bonds. The molecular weight excluding hydrogens is 138 g/mol. The van der Waals surface area contributed by atoms with Crippen LogP contribution >= 0.6 is 0 Å². The number of Topliss-reactive ketones (excluding diaryl/α,β-unsaturated/α-hetero) is 1. The fraction of sp³-hybridized carbons (Fsp3) is 0.778. The summed E-state index contributed by atoms with van der Waals surface area (Å²) in [6.45, 7) is 7.44. The highest BCUT2D eigenvalue weighted by atomic mass is 16.1. The monoisotopic (exact) mass is 153 g/mol. The van der Waals surface area contributed by atoms with Crippen LogP contribution in [-0.4, -0.2) is 5.78 Å². The molecule has 0 rings (SSSR count). The van der Waals surface area contributed by atoms with Gasteiger partial charge in [-0.25, -0.2) is 0 Å². The SMILES string of the molecule is CC(CC#N)C(=O)C(C)(C)C. The van der Waals surface area contributed by atoms with Gasteiger partial charge in [0, 0.05) is 17.8 Å². The summed E-state index contributed by atoms with van der Waals surface area (Å²) in [4.78, 5) is 11.4. The van der Waals surface area contributed by atoms with Gasteiger partial charge in [0.2, 0.25) is 0 Å². The van der Waals surface area contributed by atoms with E-state index in [-0.39, 0.29) is 17.1 Å². The minimum absolute atomic E-state index is 0.125. The first-order valence-corrected chi connectivity index (χ1v) is 3.81. The molecular formula is C9H15NO. The van der Waals surface area contributed by atoms with Crippen molar-refractivity contribution in [3.63, 3.8) is 0 Å². The van der Waals surface area contributed by atoms with Crippen LogP contribution in [-0.2, 0) is 4.79 Å². The largest absolute Gasteiger partial charge is 0.299 e. The number of nitriles is 1. The fourth-order valence-corrected chi connectivity index (χ4v) is 0.969. The highest BCUT2D eigenvalue weighted by molar-refractivity contribution is 5.85. The Balaban J connectivity index is 4.17. The van der Waals surface area contributed by atoms with Crippen LogP contribution in [0.15, 0.2) is 0 Å². The van der Waals surface area contributed by atoms with Crippen LogP contribution in [0.2, 0.25) is 0 Å². The highest BCUT2D eigenvalue weighted by Gasteiger charge is 2.25. The third-order valence-electron chi connectivity index (χ3n) is 1.58. The Morgan fingerprint density at radius 2 is 2.00 bits per heavy atom. The summed E-state index contributed by atoms with van der Waals surface area (Å²) in [5.74, 6) is 0.0408. The lowest BCUT2D eigenvalue weighted by molar-refractivity contribution is -0.129. The average Bonchev–Trinajstić information content (AvgIpc) is 1.85. The van der Waals surface area contributed by atoms with Crippen molar-refractivity contribution in [3.05, 3.63) is 0 Å². The molecule has 0 fully saturated rings. The van der Waals surface area contributed by atoms with E-state index in [9.17, 15) is 4.79 Å². The molecule has 0 aliphatic carbocycles. The predicted octanol–water partition coefficient (Wildman–Crippen LogP) is 2.15. The zero-order valence-corrected chi connectivity index (χ0v) is 7.64. The summed E-state index contributed by atoms with van der Waals surface area (Å²) >= 11 is 0. The van der Waals surface area contributed by atoms with Gasteiger partial charge in [-0.1, -0.05) is 27.7 Å². The lowest BCUT2D eigenvalue weighted by atomic mass is 9.83. The van der Waals surface area contributed by atoms with E-state index < -0.39 is 0 Å².